The van der Waals surface area contributed by atoms with E-state index in [1.54, 1.807) is 0 Å². The summed E-state index contributed by atoms with van der Waals surface area (Å²) in [6.07, 6.45) is 6.61. The van der Waals surface area contributed by atoms with Gasteiger partial charge in [0.2, 0.25) is 0 Å². The smallest absolute Gasteiger partial charge is 0.133 e. The zero-order chi connectivity index (χ0) is 14.2. The van der Waals surface area contributed by atoms with Gasteiger partial charge in [-0.3, -0.25) is 0 Å². The van der Waals surface area contributed by atoms with Crippen LogP contribution in [-0.4, -0.2) is 26.2 Å². The van der Waals surface area contributed by atoms with Crippen molar-refractivity contribution >= 4 is 15.9 Å². The van der Waals surface area contributed by atoms with E-state index in [2.05, 4.69) is 22.9 Å². The Morgan fingerprint density at radius 3 is 2.65 bits per heavy atom. The van der Waals surface area contributed by atoms with Crippen molar-refractivity contribution in [2.75, 3.05) is 26.2 Å². The van der Waals surface area contributed by atoms with Crippen LogP contribution in [0.1, 0.15) is 39.0 Å². The van der Waals surface area contributed by atoms with Gasteiger partial charge in [-0.25, -0.2) is 0 Å². The van der Waals surface area contributed by atoms with Crippen LogP contribution in [-0.2, 0) is 0 Å². The molecule has 0 amide bonds. The number of halogens is 1. The Kier molecular flexibility index (Phi) is 6.88. The van der Waals surface area contributed by atoms with Crippen LogP contribution in [0.5, 0.6) is 5.75 Å². The number of piperidine rings is 1. The highest BCUT2D eigenvalue weighted by Crippen LogP contribution is 2.23. The Labute approximate surface area is 131 Å². The quantitative estimate of drug-likeness (QED) is 0.751. The Morgan fingerprint density at radius 1 is 1.15 bits per heavy atom. The van der Waals surface area contributed by atoms with E-state index in [-0.39, 0.29) is 0 Å². The van der Waals surface area contributed by atoms with Crippen LogP contribution in [0.15, 0.2) is 28.7 Å². The molecule has 1 heterocycles. The first-order valence-electron chi connectivity index (χ1n) is 7.96. The highest BCUT2D eigenvalue weighted by molar-refractivity contribution is 9.10. The zero-order valence-electron chi connectivity index (χ0n) is 12.5. The molecule has 0 atom stereocenters. The fourth-order valence-electron chi connectivity index (χ4n) is 2.82. The summed E-state index contributed by atoms with van der Waals surface area (Å²) in [5, 5.41) is 0. The van der Waals surface area contributed by atoms with Gasteiger partial charge in [0.15, 0.2) is 0 Å². The monoisotopic (exact) mass is 340 g/mol. The van der Waals surface area contributed by atoms with Crippen LogP contribution >= 0.6 is 15.9 Å². The van der Waals surface area contributed by atoms with Crippen molar-refractivity contribution in [2.45, 2.75) is 39.0 Å². The standard InChI is InChI=1S/C17H26BrNO/c1-15-9-12-19(13-10-15)11-5-2-6-14-20-17-8-4-3-7-16(17)18/h3-4,7-8,15H,2,5-6,9-14H2,1H3/p+1. The average Bonchev–Trinajstić information content (AvgIpc) is 2.46. The number of hydrogen-bond acceptors (Lipinski definition) is 1. The molecule has 2 nitrogen and oxygen atoms in total. The first-order chi connectivity index (χ1) is 9.75. The molecule has 112 valence electrons. The molecule has 0 bridgehead atoms. The van der Waals surface area contributed by atoms with E-state index in [0.29, 0.717) is 0 Å². The molecule has 0 radical (unpaired) electrons. The Morgan fingerprint density at radius 2 is 1.90 bits per heavy atom. The second-order valence-electron chi connectivity index (χ2n) is 6.02. The molecule has 0 unspecified atom stereocenters. The van der Waals surface area contributed by atoms with Crippen molar-refractivity contribution in [3.63, 3.8) is 0 Å². The van der Waals surface area contributed by atoms with E-state index in [9.17, 15) is 0 Å². The Hall–Kier alpha value is -0.540. The summed E-state index contributed by atoms with van der Waals surface area (Å²) in [4.78, 5) is 1.81. The predicted octanol–water partition coefficient (Wildman–Crippen LogP) is 3.31. The summed E-state index contributed by atoms with van der Waals surface area (Å²) in [6, 6.07) is 8.07. The van der Waals surface area contributed by atoms with Gasteiger partial charge in [0, 0.05) is 0 Å². The second-order valence-corrected chi connectivity index (χ2v) is 6.88. The van der Waals surface area contributed by atoms with Gasteiger partial charge in [-0.2, -0.15) is 0 Å². The van der Waals surface area contributed by atoms with E-state index in [4.69, 9.17) is 4.74 Å². The third-order valence-electron chi connectivity index (χ3n) is 4.25. The van der Waals surface area contributed by atoms with Crippen LogP contribution in [0.2, 0.25) is 0 Å². The maximum atomic E-state index is 5.79. The van der Waals surface area contributed by atoms with Crippen LogP contribution in [0.25, 0.3) is 0 Å². The Balaban J connectivity index is 1.51. The van der Waals surface area contributed by atoms with E-state index in [0.717, 1.165) is 29.2 Å². The highest BCUT2D eigenvalue weighted by Gasteiger charge is 2.17. The van der Waals surface area contributed by atoms with Crippen molar-refractivity contribution < 1.29 is 9.64 Å². The van der Waals surface area contributed by atoms with Gasteiger partial charge >= 0.3 is 0 Å². The lowest BCUT2D eigenvalue weighted by Crippen LogP contribution is -3.13. The molecule has 0 spiro atoms. The number of hydrogen-bond donors (Lipinski definition) is 1. The number of ether oxygens (including phenoxy) is 1. The number of nitrogens with one attached hydrogen (secondary N) is 1. The molecular weight excluding hydrogens is 314 g/mol. The molecule has 0 aromatic heterocycles. The first kappa shape index (κ1) is 15.8. The van der Waals surface area contributed by atoms with E-state index in [1.807, 2.05) is 29.2 Å². The molecule has 1 aliphatic heterocycles. The maximum Gasteiger partial charge on any atom is 0.133 e. The van der Waals surface area contributed by atoms with E-state index < -0.39 is 0 Å². The summed E-state index contributed by atoms with van der Waals surface area (Å²) in [6.45, 7) is 7.33. The van der Waals surface area contributed by atoms with Gasteiger partial charge in [0.1, 0.15) is 5.75 Å². The molecule has 1 saturated heterocycles. The minimum Gasteiger partial charge on any atom is -0.492 e. The SMILES string of the molecule is CC1CC[NH+](CCCCCOc2ccccc2Br)CC1. The van der Waals surface area contributed by atoms with Gasteiger partial charge in [0.25, 0.3) is 0 Å². The topological polar surface area (TPSA) is 13.7 Å². The molecular formula is C17H27BrNO+. The van der Waals surface area contributed by atoms with Crippen LogP contribution < -0.4 is 9.64 Å². The van der Waals surface area contributed by atoms with Gasteiger partial charge in [-0.15, -0.1) is 0 Å². The average molecular weight is 341 g/mol. The zero-order valence-corrected chi connectivity index (χ0v) is 14.1. The third kappa shape index (κ3) is 5.45. The summed E-state index contributed by atoms with van der Waals surface area (Å²) >= 11 is 3.51. The summed E-state index contributed by atoms with van der Waals surface area (Å²) in [5.41, 5.74) is 0. The lowest BCUT2D eigenvalue weighted by molar-refractivity contribution is -0.906. The van der Waals surface area contributed by atoms with Crippen LogP contribution in [0.4, 0.5) is 0 Å². The first-order valence-corrected chi connectivity index (χ1v) is 8.76. The number of unbranched alkanes of at least 4 members (excludes halogenated alkanes) is 2. The van der Waals surface area contributed by atoms with Gasteiger partial charge in [-0.1, -0.05) is 19.1 Å². The molecule has 3 heteroatoms. The molecule has 1 fully saturated rings. The largest absolute Gasteiger partial charge is 0.492 e. The molecule has 20 heavy (non-hydrogen) atoms. The normalized spacial score (nSPS) is 22.7. The number of quaternary nitrogens is 1. The lowest BCUT2D eigenvalue weighted by Gasteiger charge is -2.27. The number of benzene rings is 1. The molecule has 2 rings (SSSR count). The number of rotatable bonds is 7. The Bertz CT molecular complexity index is 388. The van der Waals surface area contributed by atoms with Gasteiger partial charge < -0.3 is 9.64 Å². The minimum atomic E-state index is 0.828. The summed E-state index contributed by atoms with van der Waals surface area (Å²) in [7, 11) is 0. The van der Waals surface area contributed by atoms with Crippen molar-refractivity contribution in [3.05, 3.63) is 28.7 Å². The fraction of sp³-hybridized carbons (Fsp3) is 0.647. The molecule has 0 saturated carbocycles. The molecule has 1 aliphatic rings. The maximum absolute atomic E-state index is 5.79. The van der Waals surface area contributed by atoms with Gasteiger partial charge in [0.05, 0.1) is 30.7 Å². The van der Waals surface area contributed by atoms with Gasteiger partial charge in [-0.05, 0) is 66.1 Å². The number of likely N-dealkylation sites (tertiary alicyclic amines) is 1. The molecule has 1 aromatic rings. The number of para-hydroxylation sites is 1. The molecule has 1 N–H and O–H groups in total. The van der Waals surface area contributed by atoms with E-state index in [1.165, 1.54) is 45.3 Å². The van der Waals surface area contributed by atoms with Crippen LogP contribution in [0.3, 0.4) is 0 Å². The van der Waals surface area contributed by atoms with Crippen molar-refractivity contribution in [1.82, 2.24) is 0 Å². The molecule has 0 aliphatic carbocycles. The van der Waals surface area contributed by atoms with Crippen molar-refractivity contribution in [1.29, 1.82) is 0 Å². The lowest BCUT2D eigenvalue weighted by atomic mass is 9.99. The highest BCUT2D eigenvalue weighted by atomic mass is 79.9. The van der Waals surface area contributed by atoms with E-state index >= 15 is 0 Å². The minimum absolute atomic E-state index is 0.828. The predicted molar refractivity (Wildman–Crippen MR) is 87.4 cm³/mol. The summed E-state index contributed by atoms with van der Waals surface area (Å²) in [5.74, 6) is 1.92. The third-order valence-corrected chi connectivity index (χ3v) is 4.91. The second kappa shape index (κ2) is 8.68. The van der Waals surface area contributed by atoms with Crippen LogP contribution in [0, 0.1) is 5.92 Å². The summed E-state index contributed by atoms with van der Waals surface area (Å²) < 4.78 is 6.84. The van der Waals surface area contributed by atoms with Crippen molar-refractivity contribution in [3.8, 4) is 5.75 Å². The van der Waals surface area contributed by atoms with Crippen molar-refractivity contribution in [2.24, 2.45) is 5.92 Å². The fourth-order valence-corrected chi connectivity index (χ4v) is 3.22. The molecule has 1 aromatic carbocycles.